The number of carbonyl (C=O) groups is 2. The van der Waals surface area contributed by atoms with Gasteiger partial charge in [-0.05, 0) is 56.7 Å². The van der Waals surface area contributed by atoms with E-state index in [9.17, 15) is 9.59 Å². The van der Waals surface area contributed by atoms with E-state index in [1.54, 1.807) is 13.2 Å². The van der Waals surface area contributed by atoms with Crippen LogP contribution in [0.15, 0.2) is 24.3 Å². The molecule has 0 radical (unpaired) electrons. The van der Waals surface area contributed by atoms with Crippen LogP contribution in [0.25, 0.3) is 6.08 Å². The van der Waals surface area contributed by atoms with Gasteiger partial charge < -0.3 is 14.5 Å². The van der Waals surface area contributed by atoms with Crippen molar-refractivity contribution in [2.75, 3.05) is 33.3 Å². The number of aryl methyl sites for hydroxylation is 1. The van der Waals surface area contributed by atoms with Crippen molar-refractivity contribution in [3.8, 4) is 5.75 Å². The molecule has 5 heteroatoms. The van der Waals surface area contributed by atoms with Crippen molar-refractivity contribution in [2.45, 2.75) is 39.5 Å². The van der Waals surface area contributed by atoms with Gasteiger partial charge in [0.05, 0.1) is 7.11 Å². The molecule has 2 amide bonds. The Bertz CT molecular complexity index is 735. The van der Waals surface area contributed by atoms with Crippen molar-refractivity contribution in [3.63, 3.8) is 0 Å². The molecule has 152 valence electrons. The van der Waals surface area contributed by atoms with Gasteiger partial charge in [0.1, 0.15) is 5.75 Å². The van der Waals surface area contributed by atoms with Gasteiger partial charge in [-0.3, -0.25) is 9.59 Å². The maximum atomic E-state index is 12.8. The number of hydrogen-bond donors (Lipinski definition) is 0. The first-order valence-corrected chi connectivity index (χ1v) is 10.4. The molecule has 0 bridgehead atoms. The van der Waals surface area contributed by atoms with Crippen LogP contribution in [-0.4, -0.2) is 54.9 Å². The third-order valence-electron chi connectivity index (χ3n) is 5.92. The van der Waals surface area contributed by atoms with E-state index in [4.69, 9.17) is 4.74 Å². The van der Waals surface area contributed by atoms with E-state index in [0.29, 0.717) is 24.9 Å². The van der Waals surface area contributed by atoms with E-state index < -0.39 is 0 Å². The van der Waals surface area contributed by atoms with Crippen molar-refractivity contribution in [3.05, 3.63) is 35.4 Å². The van der Waals surface area contributed by atoms with Gasteiger partial charge in [-0.2, -0.15) is 0 Å². The minimum Gasteiger partial charge on any atom is -0.496 e. The van der Waals surface area contributed by atoms with Crippen LogP contribution in [0.1, 0.15) is 43.7 Å². The summed E-state index contributed by atoms with van der Waals surface area (Å²) in [7, 11) is 1.63. The standard InChI is InChI=1S/C23H32N2O3/c1-17-6-8-21(28-3)20(15-17)7-9-22(26)24-13-10-19(11-14-24)23(27)25-12-4-5-18(2)16-25/h6-9,15,18-19H,4-5,10-14,16H2,1-3H3/b9-7+/t18-/m0/s1. The number of ether oxygens (including phenoxy) is 1. The minimum absolute atomic E-state index is 0.000975. The molecule has 1 aromatic rings. The highest BCUT2D eigenvalue weighted by Gasteiger charge is 2.31. The fourth-order valence-corrected chi connectivity index (χ4v) is 4.25. The quantitative estimate of drug-likeness (QED) is 0.747. The predicted octanol–water partition coefficient (Wildman–Crippen LogP) is 3.51. The summed E-state index contributed by atoms with van der Waals surface area (Å²) in [5.41, 5.74) is 2.03. The smallest absolute Gasteiger partial charge is 0.246 e. The lowest BCUT2D eigenvalue weighted by Crippen LogP contribution is -2.46. The van der Waals surface area contributed by atoms with Crippen LogP contribution in [0.2, 0.25) is 0 Å². The number of piperidine rings is 2. The molecular weight excluding hydrogens is 352 g/mol. The van der Waals surface area contributed by atoms with Crippen molar-refractivity contribution in [1.82, 2.24) is 9.80 Å². The van der Waals surface area contributed by atoms with Crippen molar-refractivity contribution >= 4 is 17.9 Å². The number of likely N-dealkylation sites (tertiary alicyclic amines) is 2. The zero-order valence-electron chi connectivity index (χ0n) is 17.3. The number of nitrogens with zero attached hydrogens (tertiary/aromatic N) is 2. The summed E-state index contributed by atoms with van der Waals surface area (Å²) in [6, 6.07) is 5.91. The highest BCUT2D eigenvalue weighted by molar-refractivity contribution is 5.92. The molecule has 1 aromatic carbocycles. The molecule has 2 heterocycles. The molecule has 0 aliphatic carbocycles. The number of rotatable bonds is 4. The van der Waals surface area contributed by atoms with Gasteiger partial charge in [0.25, 0.3) is 0 Å². The number of methoxy groups -OCH3 is 1. The first kappa shape index (κ1) is 20.4. The predicted molar refractivity (Wildman–Crippen MR) is 111 cm³/mol. The molecule has 0 N–H and O–H groups in total. The summed E-state index contributed by atoms with van der Waals surface area (Å²) in [6.45, 7) is 7.31. The SMILES string of the molecule is COc1ccc(C)cc1/C=C/C(=O)N1CCC(C(=O)N2CCC[C@H](C)C2)CC1. The third kappa shape index (κ3) is 4.94. The lowest BCUT2D eigenvalue weighted by Gasteiger charge is -2.37. The van der Waals surface area contributed by atoms with Gasteiger partial charge in [0, 0.05) is 43.7 Å². The van der Waals surface area contributed by atoms with Crippen molar-refractivity contribution in [2.24, 2.45) is 11.8 Å². The maximum absolute atomic E-state index is 12.8. The van der Waals surface area contributed by atoms with Crippen LogP contribution in [0, 0.1) is 18.8 Å². The van der Waals surface area contributed by atoms with Crippen LogP contribution in [0.5, 0.6) is 5.75 Å². The Kier molecular flexibility index (Phi) is 6.76. The average Bonchev–Trinajstić information content (AvgIpc) is 2.71. The zero-order chi connectivity index (χ0) is 20.1. The van der Waals surface area contributed by atoms with E-state index in [1.165, 1.54) is 6.42 Å². The number of carbonyl (C=O) groups excluding carboxylic acids is 2. The molecule has 0 spiro atoms. The Morgan fingerprint density at radius 2 is 1.86 bits per heavy atom. The van der Waals surface area contributed by atoms with Gasteiger partial charge in [0.2, 0.25) is 11.8 Å². The van der Waals surface area contributed by atoms with E-state index in [1.807, 2.05) is 41.0 Å². The zero-order valence-corrected chi connectivity index (χ0v) is 17.3. The van der Waals surface area contributed by atoms with Gasteiger partial charge in [-0.15, -0.1) is 0 Å². The van der Waals surface area contributed by atoms with Gasteiger partial charge in [-0.25, -0.2) is 0 Å². The van der Waals surface area contributed by atoms with E-state index in [0.717, 1.165) is 49.2 Å². The lowest BCUT2D eigenvalue weighted by molar-refractivity contribution is -0.140. The van der Waals surface area contributed by atoms with Crippen LogP contribution >= 0.6 is 0 Å². The van der Waals surface area contributed by atoms with Gasteiger partial charge in [0.15, 0.2) is 0 Å². The molecule has 5 nitrogen and oxygen atoms in total. The summed E-state index contributed by atoms with van der Waals surface area (Å²) in [5.74, 6) is 1.72. The summed E-state index contributed by atoms with van der Waals surface area (Å²) in [5, 5.41) is 0. The Balaban J connectivity index is 1.54. The topological polar surface area (TPSA) is 49.9 Å². The molecule has 2 aliphatic heterocycles. The first-order valence-electron chi connectivity index (χ1n) is 10.4. The summed E-state index contributed by atoms with van der Waals surface area (Å²) >= 11 is 0. The monoisotopic (exact) mass is 384 g/mol. The molecule has 2 saturated heterocycles. The summed E-state index contributed by atoms with van der Waals surface area (Å²) < 4.78 is 5.37. The summed E-state index contributed by atoms with van der Waals surface area (Å²) in [6.07, 6.45) is 7.28. The Labute approximate surface area is 168 Å². The third-order valence-corrected chi connectivity index (χ3v) is 5.92. The molecule has 28 heavy (non-hydrogen) atoms. The van der Waals surface area contributed by atoms with Gasteiger partial charge in [-0.1, -0.05) is 18.6 Å². The minimum atomic E-state index is 0.000975. The van der Waals surface area contributed by atoms with Crippen molar-refractivity contribution in [1.29, 1.82) is 0 Å². The molecule has 2 fully saturated rings. The second-order valence-electron chi connectivity index (χ2n) is 8.21. The Morgan fingerprint density at radius 3 is 2.54 bits per heavy atom. The highest BCUT2D eigenvalue weighted by atomic mass is 16.5. The molecule has 1 atom stereocenters. The van der Waals surface area contributed by atoms with Crippen LogP contribution in [0.4, 0.5) is 0 Å². The molecule has 0 unspecified atom stereocenters. The lowest BCUT2D eigenvalue weighted by atomic mass is 9.92. The molecule has 2 aliphatic rings. The summed E-state index contributed by atoms with van der Waals surface area (Å²) in [4.78, 5) is 29.3. The first-order chi connectivity index (χ1) is 13.5. The molecule has 3 rings (SSSR count). The maximum Gasteiger partial charge on any atom is 0.246 e. The van der Waals surface area contributed by atoms with Gasteiger partial charge >= 0.3 is 0 Å². The Morgan fingerprint density at radius 1 is 1.11 bits per heavy atom. The second kappa shape index (κ2) is 9.26. The molecular formula is C23H32N2O3. The van der Waals surface area contributed by atoms with E-state index in [2.05, 4.69) is 6.92 Å². The average molecular weight is 385 g/mol. The number of hydrogen-bond acceptors (Lipinski definition) is 3. The number of amides is 2. The fourth-order valence-electron chi connectivity index (χ4n) is 4.25. The van der Waals surface area contributed by atoms with Crippen molar-refractivity contribution < 1.29 is 14.3 Å². The van der Waals surface area contributed by atoms with Crippen LogP contribution in [0.3, 0.4) is 0 Å². The largest absolute Gasteiger partial charge is 0.496 e. The molecule has 0 aromatic heterocycles. The van der Waals surface area contributed by atoms with Crippen LogP contribution < -0.4 is 4.74 Å². The molecule has 0 saturated carbocycles. The Hall–Kier alpha value is -2.30. The highest BCUT2D eigenvalue weighted by Crippen LogP contribution is 2.24. The van der Waals surface area contributed by atoms with E-state index >= 15 is 0 Å². The fraction of sp³-hybridized carbons (Fsp3) is 0.565. The second-order valence-corrected chi connectivity index (χ2v) is 8.21. The van der Waals surface area contributed by atoms with E-state index in [-0.39, 0.29) is 11.8 Å². The number of benzene rings is 1. The van der Waals surface area contributed by atoms with Crippen LogP contribution in [-0.2, 0) is 9.59 Å². The normalized spacial score (nSPS) is 21.2.